The largest absolute Gasteiger partial charge is 0.423 e. The molecule has 0 heterocycles. The van der Waals surface area contributed by atoms with Gasteiger partial charge in [0.1, 0.15) is 11.5 Å². The summed E-state index contributed by atoms with van der Waals surface area (Å²) in [4.78, 5) is 24.7. The molecule has 0 aliphatic rings. The number of esters is 2. The number of hydrogen-bond acceptors (Lipinski definition) is 4. The van der Waals surface area contributed by atoms with E-state index in [0.717, 1.165) is 49.4 Å². The van der Waals surface area contributed by atoms with Gasteiger partial charge in [0.15, 0.2) is 0 Å². The summed E-state index contributed by atoms with van der Waals surface area (Å²) >= 11 is 0. The smallest absolute Gasteiger partial charge is 0.338 e. The van der Waals surface area contributed by atoms with Gasteiger partial charge in [-0.1, -0.05) is 91.5 Å². The third-order valence-electron chi connectivity index (χ3n) is 7.00. The second kappa shape index (κ2) is 11.6. The number of benzene rings is 5. The second-order valence-corrected chi connectivity index (χ2v) is 10.6. The molecule has 0 aliphatic heterocycles. The lowest BCUT2D eigenvalue weighted by atomic mass is 9.96. The number of aryl methyl sites for hydroxylation is 1. The highest BCUT2D eigenvalue weighted by Crippen LogP contribution is 2.33. The molecule has 0 N–H and O–H groups in total. The highest BCUT2D eigenvalue weighted by Gasteiger charge is 2.15. The Labute approximate surface area is 240 Å². The van der Waals surface area contributed by atoms with Gasteiger partial charge in [-0.05, 0) is 78.4 Å². The maximum Gasteiger partial charge on any atom is 0.338 e. The molecule has 5 rings (SSSR count). The van der Waals surface area contributed by atoms with E-state index in [2.05, 4.69) is 67.8 Å². The number of rotatable bonds is 8. The van der Waals surface area contributed by atoms with Crippen molar-refractivity contribution in [3.63, 3.8) is 0 Å². The van der Waals surface area contributed by atoms with Crippen LogP contribution in [0.1, 0.15) is 41.7 Å². The standard InChI is InChI=1S/C37H32O4/c1-23(2)36(38)40-34-11-7-10-29-15-13-28(22-32(29)34)20-26-8-6-9-27(19-26)21-31-17-16-30-14-12-25(5)18-33(30)35(31)41-37(39)24(3)4/h6-19,22H,1,3,20-21H2,2,4-5H3. The monoisotopic (exact) mass is 540 g/mol. The summed E-state index contributed by atoms with van der Waals surface area (Å²) in [5.41, 5.74) is 6.10. The molecule has 4 heteroatoms. The van der Waals surface area contributed by atoms with Gasteiger partial charge in [-0.15, -0.1) is 0 Å². The summed E-state index contributed by atoms with van der Waals surface area (Å²) in [6, 6.07) is 30.6. The van der Waals surface area contributed by atoms with Gasteiger partial charge in [-0.2, -0.15) is 0 Å². The lowest BCUT2D eigenvalue weighted by Gasteiger charge is -2.15. The predicted molar refractivity (Wildman–Crippen MR) is 166 cm³/mol. The number of hydrogen-bond donors (Lipinski definition) is 0. The average Bonchev–Trinajstić information content (AvgIpc) is 2.94. The van der Waals surface area contributed by atoms with Crippen molar-refractivity contribution in [3.8, 4) is 11.5 Å². The van der Waals surface area contributed by atoms with Crippen molar-refractivity contribution in [1.29, 1.82) is 0 Å². The van der Waals surface area contributed by atoms with E-state index in [9.17, 15) is 9.59 Å². The topological polar surface area (TPSA) is 52.6 Å². The first-order chi connectivity index (χ1) is 19.7. The number of carbonyl (C=O) groups excluding carboxylic acids is 2. The Hall–Kier alpha value is -4.96. The third kappa shape index (κ3) is 6.28. The summed E-state index contributed by atoms with van der Waals surface area (Å²) in [5, 5.41) is 3.80. The van der Waals surface area contributed by atoms with E-state index >= 15 is 0 Å². The first kappa shape index (κ1) is 27.6. The highest BCUT2D eigenvalue weighted by atomic mass is 16.5. The van der Waals surface area contributed by atoms with E-state index < -0.39 is 11.9 Å². The fraction of sp³-hybridized carbons (Fsp3) is 0.135. The van der Waals surface area contributed by atoms with Gasteiger partial charge in [0.25, 0.3) is 0 Å². The van der Waals surface area contributed by atoms with Crippen LogP contribution in [-0.2, 0) is 22.4 Å². The van der Waals surface area contributed by atoms with Crippen molar-refractivity contribution in [3.05, 3.63) is 143 Å². The van der Waals surface area contributed by atoms with Gasteiger partial charge < -0.3 is 9.47 Å². The molecule has 5 aromatic carbocycles. The first-order valence-corrected chi connectivity index (χ1v) is 13.5. The minimum atomic E-state index is -0.437. The Kier molecular flexibility index (Phi) is 7.84. The maximum atomic E-state index is 12.6. The molecular formula is C37H32O4. The fourth-order valence-corrected chi connectivity index (χ4v) is 4.87. The van der Waals surface area contributed by atoms with E-state index in [1.165, 1.54) is 0 Å². The molecule has 0 unspecified atom stereocenters. The van der Waals surface area contributed by atoms with Crippen LogP contribution in [-0.4, -0.2) is 11.9 Å². The Morgan fingerprint density at radius 1 is 0.634 bits per heavy atom. The molecule has 5 aromatic rings. The van der Waals surface area contributed by atoms with Crippen LogP contribution in [0.2, 0.25) is 0 Å². The Morgan fingerprint density at radius 3 is 2.00 bits per heavy atom. The van der Waals surface area contributed by atoms with Crippen LogP contribution in [0, 0.1) is 6.92 Å². The van der Waals surface area contributed by atoms with Gasteiger partial charge in [0, 0.05) is 28.3 Å². The highest BCUT2D eigenvalue weighted by molar-refractivity contribution is 5.96. The minimum Gasteiger partial charge on any atom is -0.423 e. The lowest BCUT2D eigenvalue weighted by molar-refractivity contribution is -0.130. The van der Waals surface area contributed by atoms with Crippen LogP contribution >= 0.6 is 0 Å². The second-order valence-electron chi connectivity index (χ2n) is 10.6. The zero-order chi connectivity index (χ0) is 29.1. The summed E-state index contributed by atoms with van der Waals surface area (Å²) in [6.45, 7) is 12.8. The first-order valence-electron chi connectivity index (χ1n) is 13.5. The Balaban J connectivity index is 1.45. The van der Waals surface area contributed by atoms with Crippen molar-refractivity contribution in [2.45, 2.75) is 33.6 Å². The molecule has 41 heavy (non-hydrogen) atoms. The quantitative estimate of drug-likeness (QED) is 0.113. The van der Waals surface area contributed by atoms with Crippen LogP contribution in [0.3, 0.4) is 0 Å². The molecule has 0 atom stereocenters. The van der Waals surface area contributed by atoms with E-state index in [1.807, 2.05) is 37.3 Å². The summed E-state index contributed by atoms with van der Waals surface area (Å²) in [7, 11) is 0. The van der Waals surface area contributed by atoms with E-state index in [0.29, 0.717) is 35.5 Å². The van der Waals surface area contributed by atoms with Crippen LogP contribution in [0.4, 0.5) is 0 Å². The molecule has 0 fully saturated rings. The SMILES string of the molecule is C=C(C)C(=O)Oc1cccc2ccc(Cc3cccc(Cc4ccc5ccc(C)cc5c4OC(=O)C(=C)C)c3)cc12. The van der Waals surface area contributed by atoms with Gasteiger partial charge in [-0.25, -0.2) is 9.59 Å². The average molecular weight is 541 g/mol. The van der Waals surface area contributed by atoms with Crippen LogP contribution in [0.15, 0.2) is 115 Å². The molecule has 0 saturated carbocycles. The Morgan fingerprint density at radius 2 is 1.24 bits per heavy atom. The Bertz CT molecular complexity index is 1840. The molecule has 0 radical (unpaired) electrons. The summed E-state index contributed by atoms with van der Waals surface area (Å²) in [5.74, 6) is 0.233. The summed E-state index contributed by atoms with van der Waals surface area (Å²) < 4.78 is 11.5. The molecule has 0 bridgehead atoms. The van der Waals surface area contributed by atoms with Crippen LogP contribution in [0.5, 0.6) is 11.5 Å². The molecule has 0 aliphatic carbocycles. The van der Waals surface area contributed by atoms with Crippen molar-refractivity contribution in [2.75, 3.05) is 0 Å². The maximum absolute atomic E-state index is 12.6. The molecule has 204 valence electrons. The van der Waals surface area contributed by atoms with Gasteiger partial charge in [-0.3, -0.25) is 0 Å². The molecule has 0 saturated heterocycles. The molecule has 4 nitrogen and oxygen atoms in total. The predicted octanol–water partition coefficient (Wildman–Crippen LogP) is 8.45. The number of carbonyl (C=O) groups is 2. The van der Waals surface area contributed by atoms with E-state index in [-0.39, 0.29) is 0 Å². The van der Waals surface area contributed by atoms with Crippen LogP contribution in [0.25, 0.3) is 21.5 Å². The molecular weight excluding hydrogens is 508 g/mol. The zero-order valence-electron chi connectivity index (χ0n) is 23.6. The number of ether oxygens (including phenoxy) is 2. The van der Waals surface area contributed by atoms with Gasteiger partial charge in [0.2, 0.25) is 0 Å². The van der Waals surface area contributed by atoms with Crippen molar-refractivity contribution >= 4 is 33.5 Å². The lowest BCUT2D eigenvalue weighted by Crippen LogP contribution is -2.10. The van der Waals surface area contributed by atoms with Crippen molar-refractivity contribution in [1.82, 2.24) is 0 Å². The van der Waals surface area contributed by atoms with Crippen molar-refractivity contribution in [2.24, 2.45) is 0 Å². The van der Waals surface area contributed by atoms with E-state index in [4.69, 9.17) is 9.47 Å². The number of fused-ring (bicyclic) bond motifs is 2. The third-order valence-corrected chi connectivity index (χ3v) is 7.00. The van der Waals surface area contributed by atoms with Gasteiger partial charge >= 0.3 is 11.9 Å². The van der Waals surface area contributed by atoms with Gasteiger partial charge in [0.05, 0.1) is 0 Å². The summed E-state index contributed by atoms with van der Waals surface area (Å²) in [6.07, 6.45) is 1.32. The van der Waals surface area contributed by atoms with E-state index in [1.54, 1.807) is 19.9 Å². The fourth-order valence-electron chi connectivity index (χ4n) is 4.87. The zero-order valence-corrected chi connectivity index (χ0v) is 23.6. The normalized spacial score (nSPS) is 10.9. The molecule has 0 spiro atoms. The molecule has 0 amide bonds. The molecule has 0 aromatic heterocycles. The van der Waals surface area contributed by atoms with Crippen molar-refractivity contribution < 1.29 is 19.1 Å². The van der Waals surface area contributed by atoms with Crippen LogP contribution < -0.4 is 9.47 Å². The minimum absolute atomic E-state index is 0.356.